The second-order valence-electron chi connectivity index (χ2n) is 6.27. The van der Waals surface area contributed by atoms with Gasteiger partial charge in [-0.15, -0.1) is 0 Å². The second kappa shape index (κ2) is 10.2. The fourth-order valence-corrected chi connectivity index (χ4v) is 2.91. The van der Waals surface area contributed by atoms with Crippen molar-refractivity contribution in [3.8, 4) is 0 Å². The summed E-state index contributed by atoms with van der Waals surface area (Å²) in [5.41, 5.74) is 1.98. The van der Waals surface area contributed by atoms with Crippen molar-refractivity contribution in [1.82, 2.24) is 9.80 Å². The summed E-state index contributed by atoms with van der Waals surface area (Å²) < 4.78 is 5.33. The van der Waals surface area contributed by atoms with Crippen molar-refractivity contribution in [2.24, 2.45) is 0 Å². The monoisotopic (exact) mass is 347 g/mol. The van der Waals surface area contributed by atoms with E-state index in [1.165, 1.54) is 0 Å². The Bertz CT molecular complexity index is 571. The van der Waals surface area contributed by atoms with Crippen LogP contribution >= 0.6 is 0 Å². The van der Waals surface area contributed by atoms with Gasteiger partial charge in [-0.05, 0) is 18.1 Å². The molecule has 2 amide bonds. The number of nitrogens with zero attached hydrogens (tertiary/aromatic N) is 2. The van der Waals surface area contributed by atoms with Crippen LogP contribution in [0, 0.1) is 0 Å². The van der Waals surface area contributed by atoms with Crippen LogP contribution in [-0.4, -0.2) is 67.6 Å². The lowest BCUT2D eigenvalue weighted by Crippen LogP contribution is -2.43. The second-order valence-corrected chi connectivity index (χ2v) is 6.27. The van der Waals surface area contributed by atoms with Crippen molar-refractivity contribution in [1.29, 1.82) is 0 Å². The fraction of sp³-hybridized carbons (Fsp3) is 0.579. The van der Waals surface area contributed by atoms with Crippen molar-refractivity contribution < 1.29 is 14.3 Å². The first kappa shape index (κ1) is 19.4. The smallest absolute Gasteiger partial charge is 0.226 e. The molecule has 2 rings (SSSR count). The van der Waals surface area contributed by atoms with Crippen LogP contribution < -0.4 is 5.32 Å². The van der Waals surface area contributed by atoms with Gasteiger partial charge in [-0.1, -0.05) is 25.1 Å². The minimum Gasteiger partial charge on any atom is -0.379 e. The van der Waals surface area contributed by atoms with Gasteiger partial charge < -0.3 is 15.0 Å². The van der Waals surface area contributed by atoms with Gasteiger partial charge >= 0.3 is 0 Å². The molecule has 1 aliphatic heterocycles. The fourth-order valence-electron chi connectivity index (χ4n) is 2.91. The van der Waals surface area contributed by atoms with E-state index in [-0.39, 0.29) is 11.8 Å². The van der Waals surface area contributed by atoms with Crippen LogP contribution in [0.3, 0.4) is 0 Å². The quantitative estimate of drug-likeness (QED) is 0.778. The number of rotatable bonds is 8. The summed E-state index contributed by atoms with van der Waals surface area (Å²) >= 11 is 0. The van der Waals surface area contributed by atoms with E-state index >= 15 is 0 Å². The first-order valence-electron chi connectivity index (χ1n) is 9.03. The third-order valence-electron chi connectivity index (χ3n) is 4.52. The Balaban J connectivity index is 1.79. The lowest BCUT2D eigenvalue weighted by molar-refractivity contribution is -0.129. The van der Waals surface area contributed by atoms with E-state index < -0.39 is 0 Å². The van der Waals surface area contributed by atoms with Gasteiger partial charge in [0.2, 0.25) is 11.8 Å². The number of morpholine rings is 1. The SMILES string of the molecule is CCc1ccccc1NC(=O)CCN(CCN1CCOCC1)C(C)=O. The van der Waals surface area contributed by atoms with Gasteiger partial charge in [0, 0.05) is 51.8 Å². The zero-order valence-electron chi connectivity index (χ0n) is 15.3. The summed E-state index contributed by atoms with van der Waals surface area (Å²) in [5.74, 6) is -0.0476. The molecule has 0 radical (unpaired) electrons. The molecule has 1 aromatic rings. The van der Waals surface area contributed by atoms with E-state index in [2.05, 4.69) is 17.1 Å². The maximum atomic E-state index is 12.2. The summed E-state index contributed by atoms with van der Waals surface area (Å²) in [6.45, 7) is 8.84. The van der Waals surface area contributed by atoms with Gasteiger partial charge in [0.05, 0.1) is 13.2 Å². The molecule has 0 atom stereocenters. The molecule has 1 aliphatic rings. The molecule has 0 aromatic heterocycles. The molecule has 6 heteroatoms. The van der Waals surface area contributed by atoms with Crippen molar-refractivity contribution in [2.75, 3.05) is 51.3 Å². The average molecular weight is 347 g/mol. The Kier molecular flexibility index (Phi) is 7.88. The Morgan fingerprint density at radius 3 is 2.60 bits per heavy atom. The summed E-state index contributed by atoms with van der Waals surface area (Å²) in [6, 6.07) is 7.81. The predicted octanol–water partition coefficient (Wildman–Crippen LogP) is 1.76. The Hall–Kier alpha value is -1.92. The number of hydrogen-bond donors (Lipinski definition) is 1. The lowest BCUT2D eigenvalue weighted by atomic mass is 10.1. The summed E-state index contributed by atoms with van der Waals surface area (Å²) in [4.78, 5) is 28.1. The highest BCUT2D eigenvalue weighted by Gasteiger charge is 2.15. The van der Waals surface area contributed by atoms with Gasteiger partial charge in [0.25, 0.3) is 0 Å². The van der Waals surface area contributed by atoms with E-state index in [1.807, 2.05) is 24.3 Å². The van der Waals surface area contributed by atoms with E-state index in [4.69, 9.17) is 4.74 Å². The third kappa shape index (κ3) is 6.48. The molecule has 25 heavy (non-hydrogen) atoms. The normalized spacial score (nSPS) is 15.0. The zero-order chi connectivity index (χ0) is 18.1. The first-order chi connectivity index (χ1) is 12.1. The first-order valence-corrected chi connectivity index (χ1v) is 9.03. The molecule has 0 saturated carbocycles. The molecular formula is C19H29N3O3. The van der Waals surface area contributed by atoms with Crippen LogP contribution in [0.25, 0.3) is 0 Å². The highest BCUT2D eigenvalue weighted by molar-refractivity contribution is 5.91. The number of ether oxygens (including phenoxy) is 1. The average Bonchev–Trinajstić information content (AvgIpc) is 2.62. The highest BCUT2D eigenvalue weighted by Crippen LogP contribution is 2.15. The van der Waals surface area contributed by atoms with E-state index in [0.717, 1.165) is 50.5 Å². The van der Waals surface area contributed by atoms with Crippen molar-refractivity contribution in [2.45, 2.75) is 26.7 Å². The van der Waals surface area contributed by atoms with Crippen LogP contribution in [0.2, 0.25) is 0 Å². The number of aryl methyl sites for hydroxylation is 1. The van der Waals surface area contributed by atoms with Gasteiger partial charge in [-0.25, -0.2) is 0 Å². The number of anilines is 1. The molecule has 0 spiro atoms. The Morgan fingerprint density at radius 1 is 1.20 bits per heavy atom. The highest BCUT2D eigenvalue weighted by atomic mass is 16.5. The van der Waals surface area contributed by atoms with E-state index in [0.29, 0.717) is 19.5 Å². The van der Waals surface area contributed by atoms with Crippen LogP contribution in [-0.2, 0) is 20.7 Å². The minimum atomic E-state index is -0.0569. The van der Waals surface area contributed by atoms with Gasteiger partial charge in [0.1, 0.15) is 0 Å². The molecule has 1 saturated heterocycles. The number of benzene rings is 1. The molecule has 1 aromatic carbocycles. The molecule has 138 valence electrons. The molecule has 1 N–H and O–H groups in total. The van der Waals surface area contributed by atoms with Gasteiger partial charge in [-0.3, -0.25) is 14.5 Å². The van der Waals surface area contributed by atoms with Crippen molar-refractivity contribution >= 4 is 17.5 Å². The van der Waals surface area contributed by atoms with E-state index in [9.17, 15) is 9.59 Å². The van der Waals surface area contributed by atoms with Crippen LogP contribution in [0.4, 0.5) is 5.69 Å². The van der Waals surface area contributed by atoms with Crippen LogP contribution in [0.5, 0.6) is 0 Å². The van der Waals surface area contributed by atoms with Gasteiger partial charge in [0.15, 0.2) is 0 Å². The van der Waals surface area contributed by atoms with Crippen molar-refractivity contribution in [3.05, 3.63) is 29.8 Å². The lowest BCUT2D eigenvalue weighted by Gasteiger charge is -2.29. The molecule has 6 nitrogen and oxygen atoms in total. The summed E-state index contributed by atoms with van der Waals surface area (Å²) in [5, 5.41) is 2.96. The summed E-state index contributed by atoms with van der Waals surface area (Å²) in [7, 11) is 0. The van der Waals surface area contributed by atoms with Gasteiger partial charge in [-0.2, -0.15) is 0 Å². The van der Waals surface area contributed by atoms with Crippen LogP contribution in [0.15, 0.2) is 24.3 Å². The topological polar surface area (TPSA) is 61.9 Å². The Morgan fingerprint density at radius 2 is 1.92 bits per heavy atom. The maximum absolute atomic E-state index is 12.2. The number of amides is 2. The largest absolute Gasteiger partial charge is 0.379 e. The minimum absolute atomic E-state index is 0.00928. The number of carbonyl (C=O) groups excluding carboxylic acids is 2. The third-order valence-corrected chi connectivity index (χ3v) is 4.52. The molecule has 0 bridgehead atoms. The zero-order valence-corrected chi connectivity index (χ0v) is 15.3. The number of nitrogens with one attached hydrogen (secondary N) is 1. The number of carbonyl (C=O) groups is 2. The molecule has 1 heterocycles. The van der Waals surface area contributed by atoms with Crippen molar-refractivity contribution in [3.63, 3.8) is 0 Å². The molecule has 0 aliphatic carbocycles. The Labute approximate surface area is 150 Å². The number of para-hydroxylation sites is 1. The standard InChI is InChI=1S/C19H29N3O3/c1-3-17-6-4-5-7-18(17)20-19(24)8-9-22(16(2)23)11-10-21-12-14-25-15-13-21/h4-7H,3,8-15H2,1-2H3,(H,20,24). The summed E-state index contributed by atoms with van der Waals surface area (Å²) in [6.07, 6.45) is 1.18. The molecular weight excluding hydrogens is 318 g/mol. The maximum Gasteiger partial charge on any atom is 0.226 e. The van der Waals surface area contributed by atoms with Crippen LogP contribution in [0.1, 0.15) is 25.8 Å². The predicted molar refractivity (Wildman–Crippen MR) is 98.6 cm³/mol. The number of hydrogen-bond acceptors (Lipinski definition) is 4. The molecule has 0 unspecified atom stereocenters. The van der Waals surface area contributed by atoms with E-state index in [1.54, 1.807) is 11.8 Å². The molecule has 1 fully saturated rings.